The molecule has 0 spiro atoms. The van der Waals surface area contributed by atoms with Crippen molar-refractivity contribution in [3.63, 3.8) is 0 Å². The van der Waals surface area contributed by atoms with Gasteiger partial charge in [0.05, 0.1) is 6.42 Å². The highest BCUT2D eigenvalue weighted by Crippen LogP contribution is 2.08. The second-order valence-electron chi connectivity index (χ2n) is 4.18. The molecule has 0 aliphatic carbocycles. The number of amides is 1. The first-order chi connectivity index (χ1) is 9.74. The van der Waals surface area contributed by atoms with Gasteiger partial charge in [0.15, 0.2) is 0 Å². The van der Waals surface area contributed by atoms with Crippen molar-refractivity contribution in [3.8, 4) is 0 Å². The third-order valence-electron chi connectivity index (χ3n) is 2.59. The summed E-state index contributed by atoms with van der Waals surface area (Å²) in [5.41, 5.74) is 0.922. The molecule has 104 valence electrons. The highest BCUT2D eigenvalue weighted by molar-refractivity contribution is 7.10. The van der Waals surface area contributed by atoms with E-state index in [1.54, 1.807) is 0 Å². The Balaban J connectivity index is 1.66. The zero-order valence-electron chi connectivity index (χ0n) is 10.9. The molecule has 0 saturated carbocycles. The van der Waals surface area contributed by atoms with Gasteiger partial charge in [0, 0.05) is 4.88 Å². The third-order valence-corrected chi connectivity index (χ3v) is 3.46. The van der Waals surface area contributed by atoms with Crippen molar-refractivity contribution in [2.24, 2.45) is 0 Å². The Morgan fingerprint density at radius 3 is 2.60 bits per heavy atom. The second kappa shape index (κ2) is 7.45. The van der Waals surface area contributed by atoms with Crippen LogP contribution < -0.4 is 5.32 Å². The van der Waals surface area contributed by atoms with Crippen LogP contribution in [0.5, 0.6) is 0 Å². The van der Waals surface area contributed by atoms with Crippen molar-refractivity contribution >= 4 is 23.2 Å². The fraction of sp³-hybridized carbons (Fsp3) is 0.200. The molecule has 20 heavy (non-hydrogen) atoms. The van der Waals surface area contributed by atoms with Gasteiger partial charge in [-0.2, -0.15) is 0 Å². The van der Waals surface area contributed by atoms with E-state index in [4.69, 9.17) is 4.74 Å². The Kier molecular flexibility index (Phi) is 5.32. The molecule has 0 unspecified atom stereocenters. The number of thiophene rings is 1. The van der Waals surface area contributed by atoms with Gasteiger partial charge in [-0.15, -0.1) is 11.3 Å². The van der Waals surface area contributed by atoms with Gasteiger partial charge in [-0.25, -0.2) is 0 Å². The highest BCUT2D eigenvalue weighted by atomic mass is 32.1. The fourth-order valence-electron chi connectivity index (χ4n) is 1.59. The van der Waals surface area contributed by atoms with E-state index in [9.17, 15) is 9.59 Å². The van der Waals surface area contributed by atoms with Crippen LogP contribution in [-0.4, -0.2) is 18.4 Å². The van der Waals surface area contributed by atoms with Gasteiger partial charge in [-0.05, 0) is 17.0 Å². The van der Waals surface area contributed by atoms with Gasteiger partial charge in [0.1, 0.15) is 13.2 Å². The minimum absolute atomic E-state index is 0.100. The number of rotatable bonds is 6. The first-order valence-corrected chi connectivity index (χ1v) is 7.10. The van der Waals surface area contributed by atoms with Crippen molar-refractivity contribution in [1.29, 1.82) is 0 Å². The van der Waals surface area contributed by atoms with E-state index in [1.165, 1.54) is 11.3 Å². The number of hydrogen-bond acceptors (Lipinski definition) is 4. The van der Waals surface area contributed by atoms with Gasteiger partial charge < -0.3 is 10.1 Å². The molecule has 1 heterocycles. The molecule has 0 fully saturated rings. The summed E-state index contributed by atoms with van der Waals surface area (Å²) in [5, 5.41) is 4.46. The van der Waals surface area contributed by atoms with Crippen LogP contribution >= 0.6 is 11.3 Å². The van der Waals surface area contributed by atoms with Gasteiger partial charge in [-0.1, -0.05) is 36.4 Å². The van der Waals surface area contributed by atoms with Crippen molar-refractivity contribution in [1.82, 2.24) is 5.32 Å². The predicted molar refractivity (Wildman–Crippen MR) is 77.3 cm³/mol. The average molecular weight is 289 g/mol. The largest absolute Gasteiger partial charge is 0.460 e. The van der Waals surface area contributed by atoms with Crippen LogP contribution in [0.3, 0.4) is 0 Å². The number of ether oxygens (including phenoxy) is 1. The number of carbonyl (C=O) groups is 2. The van der Waals surface area contributed by atoms with Gasteiger partial charge in [0.25, 0.3) is 0 Å². The van der Waals surface area contributed by atoms with Crippen molar-refractivity contribution in [3.05, 3.63) is 58.3 Å². The Morgan fingerprint density at radius 2 is 1.90 bits per heavy atom. The van der Waals surface area contributed by atoms with E-state index in [2.05, 4.69) is 5.32 Å². The molecule has 1 amide bonds. The van der Waals surface area contributed by atoms with E-state index in [0.29, 0.717) is 6.42 Å². The summed E-state index contributed by atoms with van der Waals surface area (Å²) in [5.74, 6) is -0.613. The van der Waals surface area contributed by atoms with Gasteiger partial charge in [0.2, 0.25) is 5.91 Å². The molecule has 1 aromatic heterocycles. The lowest BCUT2D eigenvalue weighted by Crippen LogP contribution is -2.31. The van der Waals surface area contributed by atoms with Crippen molar-refractivity contribution in [2.45, 2.75) is 13.0 Å². The summed E-state index contributed by atoms with van der Waals surface area (Å²) in [7, 11) is 0. The zero-order chi connectivity index (χ0) is 14.2. The van der Waals surface area contributed by atoms with Crippen LogP contribution in [0.15, 0.2) is 47.8 Å². The molecule has 0 bridgehead atoms. The molecule has 0 aliphatic rings. The van der Waals surface area contributed by atoms with Crippen molar-refractivity contribution < 1.29 is 14.3 Å². The maximum atomic E-state index is 11.6. The quantitative estimate of drug-likeness (QED) is 0.829. The summed E-state index contributed by atoms with van der Waals surface area (Å²) >= 11 is 1.52. The first-order valence-electron chi connectivity index (χ1n) is 6.22. The smallest absolute Gasteiger partial charge is 0.325 e. The van der Waals surface area contributed by atoms with E-state index in [-0.39, 0.29) is 19.1 Å². The molecule has 2 aromatic rings. The lowest BCUT2D eigenvalue weighted by molar-refractivity contribution is -0.145. The summed E-state index contributed by atoms with van der Waals surface area (Å²) < 4.78 is 5.06. The summed E-state index contributed by atoms with van der Waals surface area (Å²) in [4.78, 5) is 24.0. The topological polar surface area (TPSA) is 55.4 Å². The van der Waals surface area contributed by atoms with Crippen LogP contribution in [0.1, 0.15) is 10.4 Å². The summed E-state index contributed by atoms with van der Waals surface area (Å²) in [6.07, 6.45) is 0.295. The molecular weight excluding hydrogens is 274 g/mol. The maximum absolute atomic E-state index is 11.6. The van der Waals surface area contributed by atoms with E-state index < -0.39 is 5.97 Å². The molecule has 0 radical (unpaired) electrons. The Hall–Kier alpha value is -2.14. The van der Waals surface area contributed by atoms with Crippen molar-refractivity contribution in [2.75, 3.05) is 6.54 Å². The summed E-state index contributed by atoms with van der Waals surface area (Å²) in [6.45, 7) is 0.123. The number of carbonyl (C=O) groups excluding carboxylic acids is 2. The maximum Gasteiger partial charge on any atom is 0.325 e. The minimum Gasteiger partial charge on any atom is -0.460 e. The van der Waals surface area contributed by atoms with E-state index in [0.717, 1.165) is 10.4 Å². The first kappa shape index (κ1) is 14.3. The Bertz CT molecular complexity index is 552. The molecule has 2 rings (SSSR count). The number of hydrogen-bond donors (Lipinski definition) is 1. The lowest BCUT2D eigenvalue weighted by Gasteiger charge is -2.06. The van der Waals surface area contributed by atoms with Crippen LogP contribution in [0.2, 0.25) is 0 Å². The number of benzene rings is 1. The second-order valence-corrected chi connectivity index (χ2v) is 5.21. The minimum atomic E-state index is -0.437. The standard InChI is InChI=1S/C15H15NO3S/c17-14(9-13-7-4-8-20-13)16-10-15(18)19-11-12-5-2-1-3-6-12/h1-8H,9-11H2,(H,16,17). The third kappa shape index (κ3) is 4.85. The molecular formula is C15H15NO3S. The monoisotopic (exact) mass is 289 g/mol. The highest BCUT2D eigenvalue weighted by Gasteiger charge is 2.08. The van der Waals surface area contributed by atoms with Gasteiger partial charge in [-0.3, -0.25) is 9.59 Å². The zero-order valence-corrected chi connectivity index (χ0v) is 11.7. The van der Waals surface area contributed by atoms with Crippen LogP contribution in [0, 0.1) is 0 Å². The molecule has 5 heteroatoms. The van der Waals surface area contributed by atoms with E-state index in [1.807, 2.05) is 47.8 Å². The molecule has 4 nitrogen and oxygen atoms in total. The predicted octanol–water partition coefficient (Wildman–Crippen LogP) is 2.15. The average Bonchev–Trinajstić information content (AvgIpc) is 2.97. The van der Waals surface area contributed by atoms with Crippen LogP contribution in [0.4, 0.5) is 0 Å². The fourth-order valence-corrected chi connectivity index (χ4v) is 2.30. The van der Waals surface area contributed by atoms with Crippen LogP contribution in [0.25, 0.3) is 0 Å². The Labute approximate surface area is 121 Å². The molecule has 0 atom stereocenters. The van der Waals surface area contributed by atoms with Crippen LogP contribution in [-0.2, 0) is 27.4 Å². The molecule has 1 aromatic carbocycles. The number of nitrogens with one attached hydrogen (secondary N) is 1. The summed E-state index contributed by atoms with van der Waals surface area (Å²) in [6, 6.07) is 13.2. The number of esters is 1. The Morgan fingerprint density at radius 1 is 1.10 bits per heavy atom. The van der Waals surface area contributed by atoms with Gasteiger partial charge >= 0.3 is 5.97 Å². The molecule has 0 aliphatic heterocycles. The molecule has 0 saturated heterocycles. The lowest BCUT2D eigenvalue weighted by atomic mass is 10.2. The SMILES string of the molecule is O=C(Cc1cccs1)NCC(=O)OCc1ccccc1. The van der Waals surface area contributed by atoms with E-state index >= 15 is 0 Å². The molecule has 1 N–H and O–H groups in total. The normalized spacial score (nSPS) is 10.0.